The maximum absolute atomic E-state index is 8.72. The Morgan fingerprint density at radius 2 is 1.31 bits per heavy atom. The van der Waals surface area contributed by atoms with Crippen LogP contribution >= 0.6 is 0 Å². The zero-order valence-corrected chi connectivity index (χ0v) is 11.2. The Hall–Kier alpha value is -0.820. The summed E-state index contributed by atoms with van der Waals surface area (Å²) in [7, 11) is 0. The lowest BCUT2D eigenvalue weighted by molar-refractivity contribution is 0.341. The van der Waals surface area contributed by atoms with Crippen molar-refractivity contribution in [3.63, 3.8) is 0 Å². The van der Waals surface area contributed by atoms with E-state index >= 15 is 0 Å². The van der Waals surface area contributed by atoms with Crippen molar-refractivity contribution in [1.29, 1.82) is 0 Å². The summed E-state index contributed by atoms with van der Waals surface area (Å²) >= 11 is 0. The molecule has 0 heterocycles. The van der Waals surface area contributed by atoms with Gasteiger partial charge in [-0.05, 0) is 53.4 Å². The minimum atomic E-state index is 0.162. The fourth-order valence-electron chi connectivity index (χ4n) is 1.49. The smallest absolute Gasteiger partial charge is 0.0614 e. The van der Waals surface area contributed by atoms with Crippen LogP contribution in [-0.4, -0.2) is 11.7 Å². The van der Waals surface area contributed by atoms with Gasteiger partial charge in [-0.15, -0.1) is 0 Å². The van der Waals surface area contributed by atoms with E-state index in [0.717, 1.165) is 25.7 Å². The third-order valence-electron chi connectivity index (χ3n) is 2.56. The number of aliphatic hydroxyl groups is 1. The fraction of sp³-hybridized carbons (Fsp3) is 0.600. The number of hydrogen-bond donors (Lipinski definition) is 1. The van der Waals surface area contributed by atoms with Gasteiger partial charge in [0, 0.05) is 0 Å². The maximum Gasteiger partial charge on any atom is 0.0614 e. The van der Waals surface area contributed by atoms with E-state index in [9.17, 15) is 0 Å². The van der Waals surface area contributed by atoms with Crippen LogP contribution in [0.5, 0.6) is 0 Å². The molecule has 1 heteroatoms. The molecule has 0 bridgehead atoms. The SMILES string of the molecule is CC(C)=CCC/C(C)=C\CCC(C)=CCO. The summed E-state index contributed by atoms with van der Waals surface area (Å²) < 4.78 is 0. The highest BCUT2D eigenvalue weighted by Gasteiger charge is 1.91. The topological polar surface area (TPSA) is 20.2 Å². The summed E-state index contributed by atoms with van der Waals surface area (Å²) in [5, 5.41) is 8.72. The Morgan fingerprint density at radius 3 is 1.81 bits per heavy atom. The van der Waals surface area contributed by atoms with Gasteiger partial charge in [0.05, 0.1) is 6.61 Å². The highest BCUT2D eigenvalue weighted by molar-refractivity contribution is 5.05. The second-order valence-corrected chi connectivity index (χ2v) is 4.64. The Kier molecular flexibility index (Phi) is 8.93. The molecule has 0 rings (SSSR count). The number of hydrogen-bond acceptors (Lipinski definition) is 1. The number of rotatable bonds is 7. The van der Waals surface area contributed by atoms with Crippen molar-refractivity contribution in [1.82, 2.24) is 0 Å². The second kappa shape index (κ2) is 9.41. The van der Waals surface area contributed by atoms with Gasteiger partial charge in [-0.3, -0.25) is 0 Å². The van der Waals surface area contributed by atoms with Crippen LogP contribution in [0.3, 0.4) is 0 Å². The first kappa shape index (κ1) is 15.2. The summed E-state index contributed by atoms with van der Waals surface area (Å²) in [4.78, 5) is 0. The molecule has 0 spiro atoms. The van der Waals surface area contributed by atoms with Crippen LogP contribution in [0.15, 0.2) is 34.9 Å². The quantitative estimate of drug-likeness (QED) is 0.633. The van der Waals surface area contributed by atoms with Gasteiger partial charge in [-0.1, -0.05) is 34.9 Å². The predicted octanol–water partition coefficient (Wildman–Crippen LogP) is 4.40. The highest BCUT2D eigenvalue weighted by Crippen LogP contribution is 2.10. The fourth-order valence-corrected chi connectivity index (χ4v) is 1.49. The highest BCUT2D eigenvalue weighted by atomic mass is 16.2. The van der Waals surface area contributed by atoms with Crippen molar-refractivity contribution in [2.75, 3.05) is 6.61 Å². The van der Waals surface area contributed by atoms with Crippen LogP contribution in [0.25, 0.3) is 0 Å². The van der Waals surface area contributed by atoms with Crippen molar-refractivity contribution in [3.05, 3.63) is 34.9 Å². The van der Waals surface area contributed by atoms with E-state index in [-0.39, 0.29) is 6.61 Å². The summed E-state index contributed by atoms with van der Waals surface area (Å²) in [5.74, 6) is 0. The largest absolute Gasteiger partial charge is 0.392 e. The van der Waals surface area contributed by atoms with Gasteiger partial charge in [-0.2, -0.15) is 0 Å². The van der Waals surface area contributed by atoms with Gasteiger partial charge in [0.1, 0.15) is 0 Å². The maximum atomic E-state index is 8.72. The molecule has 0 unspecified atom stereocenters. The van der Waals surface area contributed by atoms with Crippen LogP contribution < -0.4 is 0 Å². The normalized spacial score (nSPS) is 12.8. The van der Waals surface area contributed by atoms with Crippen molar-refractivity contribution < 1.29 is 5.11 Å². The lowest BCUT2D eigenvalue weighted by Gasteiger charge is -2.00. The molecule has 16 heavy (non-hydrogen) atoms. The van der Waals surface area contributed by atoms with E-state index in [1.807, 2.05) is 6.08 Å². The van der Waals surface area contributed by atoms with Crippen LogP contribution in [0, 0.1) is 0 Å². The average Bonchev–Trinajstić information content (AvgIpc) is 2.17. The van der Waals surface area contributed by atoms with E-state index in [4.69, 9.17) is 5.11 Å². The molecule has 92 valence electrons. The predicted molar refractivity (Wildman–Crippen MR) is 72.5 cm³/mol. The van der Waals surface area contributed by atoms with Gasteiger partial charge in [0.15, 0.2) is 0 Å². The van der Waals surface area contributed by atoms with Crippen molar-refractivity contribution in [2.24, 2.45) is 0 Å². The second-order valence-electron chi connectivity index (χ2n) is 4.64. The lowest BCUT2D eigenvalue weighted by Crippen LogP contribution is -1.82. The lowest BCUT2D eigenvalue weighted by atomic mass is 10.1. The van der Waals surface area contributed by atoms with E-state index in [2.05, 4.69) is 39.8 Å². The van der Waals surface area contributed by atoms with Crippen LogP contribution in [0.1, 0.15) is 53.4 Å². The Balaban J connectivity index is 3.79. The summed E-state index contributed by atoms with van der Waals surface area (Å²) in [6.45, 7) is 8.71. The van der Waals surface area contributed by atoms with Crippen molar-refractivity contribution in [2.45, 2.75) is 53.4 Å². The van der Waals surface area contributed by atoms with Crippen molar-refractivity contribution in [3.8, 4) is 0 Å². The molecule has 0 aliphatic heterocycles. The Bertz CT molecular complexity index is 265. The minimum absolute atomic E-state index is 0.162. The Morgan fingerprint density at radius 1 is 0.812 bits per heavy atom. The molecule has 0 aromatic carbocycles. The van der Waals surface area contributed by atoms with Crippen molar-refractivity contribution >= 4 is 0 Å². The van der Waals surface area contributed by atoms with E-state index < -0.39 is 0 Å². The molecule has 0 fully saturated rings. The van der Waals surface area contributed by atoms with Crippen LogP contribution in [-0.2, 0) is 0 Å². The Labute approximate surface area is 101 Å². The molecule has 0 aromatic heterocycles. The molecule has 0 saturated heterocycles. The molecule has 0 atom stereocenters. The molecule has 0 aromatic rings. The average molecular weight is 222 g/mol. The minimum Gasteiger partial charge on any atom is -0.392 e. The van der Waals surface area contributed by atoms with Gasteiger partial charge in [-0.25, -0.2) is 0 Å². The third-order valence-corrected chi connectivity index (χ3v) is 2.56. The zero-order valence-electron chi connectivity index (χ0n) is 11.2. The monoisotopic (exact) mass is 222 g/mol. The van der Waals surface area contributed by atoms with E-state index in [0.29, 0.717) is 0 Å². The molecular formula is C15H26O. The van der Waals surface area contributed by atoms with E-state index in [1.165, 1.54) is 16.7 Å². The molecule has 0 saturated carbocycles. The van der Waals surface area contributed by atoms with Crippen LogP contribution in [0.4, 0.5) is 0 Å². The number of allylic oxidation sites excluding steroid dienone is 5. The van der Waals surface area contributed by atoms with Gasteiger partial charge < -0.3 is 5.11 Å². The molecule has 1 nitrogen and oxygen atoms in total. The summed E-state index contributed by atoms with van der Waals surface area (Å²) in [6.07, 6.45) is 10.9. The van der Waals surface area contributed by atoms with Gasteiger partial charge in [0.25, 0.3) is 0 Å². The third kappa shape index (κ3) is 9.72. The first-order valence-corrected chi connectivity index (χ1v) is 6.11. The van der Waals surface area contributed by atoms with Gasteiger partial charge in [0.2, 0.25) is 0 Å². The molecule has 0 aliphatic carbocycles. The molecule has 0 radical (unpaired) electrons. The summed E-state index contributed by atoms with van der Waals surface area (Å²) in [5.41, 5.74) is 4.14. The standard InChI is InChI=1S/C15H26O/c1-13(2)7-5-8-14(3)9-6-10-15(4)11-12-16/h7,9,11,16H,5-6,8,10,12H2,1-4H3/b14-9-,15-11?. The van der Waals surface area contributed by atoms with Gasteiger partial charge >= 0.3 is 0 Å². The molecule has 1 N–H and O–H groups in total. The zero-order chi connectivity index (χ0) is 12.4. The molecular weight excluding hydrogens is 196 g/mol. The first-order chi connectivity index (χ1) is 7.56. The first-order valence-electron chi connectivity index (χ1n) is 6.11. The van der Waals surface area contributed by atoms with E-state index in [1.54, 1.807) is 0 Å². The van der Waals surface area contributed by atoms with Crippen LogP contribution in [0.2, 0.25) is 0 Å². The molecule has 0 amide bonds. The summed E-state index contributed by atoms with van der Waals surface area (Å²) in [6, 6.07) is 0. The molecule has 0 aliphatic rings. The number of aliphatic hydroxyl groups excluding tert-OH is 1.